The minimum Gasteiger partial charge on any atom is -0.333 e. The molecule has 0 atom stereocenters. The summed E-state index contributed by atoms with van der Waals surface area (Å²) in [5.74, 6) is 1.41. The molecule has 1 N–H and O–H groups in total. The SMILES string of the molecule is CC(C)Cn1ccnc1CNC(=O)N(C)Cc1ccncc1. The minimum atomic E-state index is -0.115. The molecule has 0 aliphatic heterocycles. The van der Waals surface area contributed by atoms with Crippen LogP contribution in [0.4, 0.5) is 4.79 Å². The number of hydrogen-bond acceptors (Lipinski definition) is 3. The molecule has 2 aromatic rings. The fraction of sp³-hybridized carbons (Fsp3) is 0.438. The van der Waals surface area contributed by atoms with Gasteiger partial charge >= 0.3 is 6.03 Å². The molecule has 0 spiro atoms. The van der Waals surface area contributed by atoms with E-state index in [0.29, 0.717) is 19.0 Å². The molecule has 2 amide bonds. The summed E-state index contributed by atoms with van der Waals surface area (Å²) < 4.78 is 2.08. The lowest BCUT2D eigenvalue weighted by atomic mass is 10.2. The zero-order valence-electron chi connectivity index (χ0n) is 13.4. The van der Waals surface area contributed by atoms with Gasteiger partial charge in [0.15, 0.2) is 0 Å². The van der Waals surface area contributed by atoms with Gasteiger partial charge in [-0.15, -0.1) is 0 Å². The highest BCUT2D eigenvalue weighted by atomic mass is 16.2. The standard InChI is InChI=1S/C16H23N5O/c1-13(2)11-21-9-8-18-15(21)10-19-16(22)20(3)12-14-4-6-17-7-5-14/h4-9,13H,10-12H2,1-3H3,(H,19,22). The predicted molar refractivity (Wildman–Crippen MR) is 85.0 cm³/mol. The molecule has 0 unspecified atom stereocenters. The van der Waals surface area contributed by atoms with Gasteiger partial charge in [0.1, 0.15) is 5.82 Å². The Morgan fingerprint density at radius 3 is 2.73 bits per heavy atom. The van der Waals surface area contributed by atoms with Gasteiger partial charge in [0.25, 0.3) is 0 Å². The van der Waals surface area contributed by atoms with Crippen LogP contribution in [0.15, 0.2) is 36.9 Å². The lowest BCUT2D eigenvalue weighted by Gasteiger charge is -2.18. The van der Waals surface area contributed by atoms with Crippen molar-refractivity contribution in [3.8, 4) is 0 Å². The van der Waals surface area contributed by atoms with Crippen molar-refractivity contribution in [3.63, 3.8) is 0 Å². The molecule has 6 nitrogen and oxygen atoms in total. The third-order valence-electron chi connectivity index (χ3n) is 3.28. The molecule has 0 radical (unpaired) electrons. The third-order valence-corrected chi connectivity index (χ3v) is 3.28. The van der Waals surface area contributed by atoms with Crippen molar-refractivity contribution in [2.75, 3.05) is 7.05 Å². The zero-order chi connectivity index (χ0) is 15.9. The van der Waals surface area contributed by atoms with Gasteiger partial charge < -0.3 is 14.8 Å². The molecule has 2 rings (SSSR count). The number of carbonyl (C=O) groups is 1. The van der Waals surface area contributed by atoms with Crippen molar-refractivity contribution in [2.45, 2.75) is 33.5 Å². The lowest BCUT2D eigenvalue weighted by molar-refractivity contribution is 0.206. The molecule has 0 fully saturated rings. The average Bonchev–Trinajstić information content (AvgIpc) is 2.92. The summed E-state index contributed by atoms with van der Waals surface area (Å²) >= 11 is 0. The van der Waals surface area contributed by atoms with E-state index in [0.717, 1.165) is 17.9 Å². The Kier molecular flexibility index (Phi) is 5.52. The summed E-state index contributed by atoms with van der Waals surface area (Å²) in [7, 11) is 1.77. The van der Waals surface area contributed by atoms with Gasteiger partial charge in [0.2, 0.25) is 0 Å². The van der Waals surface area contributed by atoms with Gasteiger partial charge in [-0.1, -0.05) is 13.8 Å². The number of aromatic nitrogens is 3. The van der Waals surface area contributed by atoms with E-state index in [4.69, 9.17) is 0 Å². The van der Waals surface area contributed by atoms with Crippen LogP contribution in [-0.4, -0.2) is 32.5 Å². The molecule has 0 bridgehead atoms. The molecule has 6 heteroatoms. The van der Waals surface area contributed by atoms with Crippen LogP contribution in [0.2, 0.25) is 0 Å². The molecular formula is C16H23N5O. The smallest absolute Gasteiger partial charge is 0.317 e. The highest BCUT2D eigenvalue weighted by Gasteiger charge is 2.11. The first kappa shape index (κ1) is 16.0. The molecule has 0 aliphatic carbocycles. The maximum Gasteiger partial charge on any atom is 0.317 e. The first-order valence-electron chi connectivity index (χ1n) is 7.44. The summed E-state index contributed by atoms with van der Waals surface area (Å²) in [6.45, 7) is 6.20. The van der Waals surface area contributed by atoms with Gasteiger partial charge in [0.05, 0.1) is 6.54 Å². The van der Waals surface area contributed by atoms with E-state index in [1.807, 2.05) is 18.3 Å². The van der Waals surface area contributed by atoms with Gasteiger partial charge in [0, 0.05) is 44.9 Å². The molecule has 2 heterocycles. The quantitative estimate of drug-likeness (QED) is 0.890. The normalized spacial score (nSPS) is 10.7. The summed E-state index contributed by atoms with van der Waals surface area (Å²) in [5, 5.41) is 2.91. The minimum absolute atomic E-state index is 0.115. The Labute approximate surface area is 131 Å². The van der Waals surface area contributed by atoms with Crippen molar-refractivity contribution < 1.29 is 4.79 Å². The van der Waals surface area contributed by atoms with Crippen LogP contribution in [0.1, 0.15) is 25.2 Å². The van der Waals surface area contributed by atoms with Gasteiger partial charge in [-0.05, 0) is 23.6 Å². The van der Waals surface area contributed by atoms with E-state index in [1.165, 1.54) is 0 Å². The maximum atomic E-state index is 12.1. The Balaban J connectivity index is 1.86. The second-order valence-electron chi connectivity index (χ2n) is 5.76. The number of urea groups is 1. The fourth-order valence-corrected chi connectivity index (χ4v) is 2.19. The predicted octanol–water partition coefficient (Wildman–Crippen LogP) is 2.28. The van der Waals surface area contributed by atoms with Crippen LogP contribution in [0.3, 0.4) is 0 Å². The Morgan fingerprint density at radius 2 is 2.05 bits per heavy atom. The van der Waals surface area contributed by atoms with Crippen molar-refractivity contribution >= 4 is 6.03 Å². The molecule has 0 saturated heterocycles. The van der Waals surface area contributed by atoms with Crippen molar-refractivity contribution in [2.24, 2.45) is 5.92 Å². The second-order valence-corrected chi connectivity index (χ2v) is 5.76. The van der Waals surface area contributed by atoms with Gasteiger partial charge in [-0.3, -0.25) is 4.98 Å². The molecule has 0 saturated carbocycles. The fourth-order valence-electron chi connectivity index (χ4n) is 2.19. The van der Waals surface area contributed by atoms with Crippen LogP contribution < -0.4 is 5.32 Å². The summed E-state index contributed by atoms with van der Waals surface area (Å²) in [5.41, 5.74) is 1.05. The monoisotopic (exact) mass is 301 g/mol. The van der Waals surface area contributed by atoms with Crippen LogP contribution in [0.25, 0.3) is 0 Å². The molecule has 0 aliphatic rings. The van der Waals surface area contributed by atoms with E-state index >= 15 is 0 Å². The Hall–Kier alpha value is -2.37. The van der Waals surface area contributed by atoms with Gasteiger partial charge in [-0.2, -0.15) is 0 Å². The number of imidazole rings is 1. The topological polar surface area (TPSA) is 63.1 Å². The maximum absolute atomic E-state index is 12.1. The molecule has 0 aromatic carbocycles. The average molecular weight is 301 g/mol. The first-order chi connectivity index (χ1) is 10.6. The van der Waals surface area contributed by atoms with Crippen molar-refractivity contribution in [1.29, 1.82) is 0 Å². The first-order valence-corrected chi connectivity index (χ1v) is 7.44. The van der Waals surface area contributed by atoms with E-state index < -0.39 is 0 Å². The molecular weight excluding hydrogens is 278 g/mol. The molecule has 22 heavy (non-hydrogen) atoms. The van der Waals surface area contributed by atoms with E-state index in [-0.39, 0.29) is 6.03 Å². The highest BCUT2D eigenvalue weighted by molar-refractivity contribution is 5.73. The summed E-state index contributed by atoms with van der Waals surface area (Å²) in [6, 6.07) is 3.69. The number of rotatable bonds is 6. The largest absolute Gasteiger partial charge is 0.333 e. The summed E-state index contributed by atoms with van der Waals surface area (Å²) in [4.78, 5) is 22.1. The number of nitrogens with one attached hydrogen (secondary N) is 1. The second kappa shape index (κ2) is 7.59. The van der Waals surface area contributed by atoms with E-state index in [1.54, 1.807) is 30.5 Å². The Bertz CT molecular complexity index is 594. The van der Waals surface area contributed by atoms with Crippen molar-refractivity contribution in [1.82, 2.24) is 24.8 Å². The number of pyridine rings is 1. The van der Waals surface area contributed by atoms with Crippen LogP contribution >= 0.6 is 0 Å². The molecule has 118 valence electrons. The Morgan fingerprint density at radius 1 is 1.32 bits per heavy atom. The number of nitrogens with zero attached hydrogens (tertiary/aromatic N) is 4. The van der Waals surface area contributed by atoms with E-state index in [9.17, 15) is 4.79 Å². The van der Waals surface area contributed by atoms with Gasteiger partial charge in [-0.25, -0.2) is 9.78 Å². The highest BCUT2D eigenvalue weighted by Crippen LogP contribution is 2.05. The van der Waals surface area contributed by atoms with E-state index in [2.05, 4.69) is 33.7 Å². The lowest BCUT2D eigenvalue weighted by Crippen LogP contribution is -2.37. The van der Waals surface area contributed by atoms with Crippen molar-refractivity contribution in [3.05, 3.63) is 48.3 Å². The molecule has 2 aromatic heterocycles. The van der Waals surface area contributed by atoms with Crippen LogP contribution in [-0.2, 0) is 19.6 Å². The summed E-state index contributed by atoms with van der Waals surface area (Å²) in [6.07, 6.45) is 7.17. The third kappa shape index (κ3) is 4.58. The number of hydrogen-bond donors (Lipinski definition) is 1. The number of amides is 2. The van der Waals surface area contributed by atoms with Crippen LogP contribution in [0.5, 0.6) is 0 Å². The number of carbonyl (C=O) groups excluding carboxylic acids is 1. The van der Waals surface area contributed by atoms with Crippen LogP contribution in [0, 0.1) is 5.92 Å². The zero-order valence-corrected chi connectivity index (χ0v) is 13.4.